The van der Waals surface area contributed by atoms with Crippen LogP contribution in [-0.2, 0) is 23.8 Å². The number of aliphatic hydroxyl groups excluding tert-OH is 5. The highest BCUT2D eigenvalue weighted by Crippen LogP contribution is 2.26. The summed E-state index contributed by atoms with van der Waals surface area (Å²) in [5.41, 5.74) is 0. The minimum absolute atomic E-state index is 0.0772. The van der Waals surface area contributed by atoms with E-state index in [0.717, 1.165) is 64.2 Å². The molecule has 0 aromatic carbocycles. The highest BCUT2D eigenvalue weighted by atomic mass is 16.7. The SMILES string of the molecule is CC/C=C/C=C/C=C\C=C/CCCCCC(=O)OC1C(OCC(NC(=O)C(O)CCCCCCCCCCCCCCCCCCCC)C(O)/C=C/CCCCCCCCCCCCC)OC(CO)C(O)C1O. The predicted molar refractivity (Wildman–Crippen MR) is 301 cm³/mol. The second-order valence-electron chi connectivity index (χ2n) is 20.8. The van der Waals surface area contributed by atoms with Crippen LogP contribution >= 0.6 is 0 Å². The first-order chi connectivity index (χ1) is 35.7. The van der Waals surface area contributed by atoms with Crippen LogP contribution in [0.15, 0.2) is 60.8 Å². The highest BCUT2D eigenvalue weighted by Gasteiger charge is 2.47. The Morgan fingerprint density at radius 1 is 0.548 bits per heavy atom. The van der Waals surface area contributed by atoms with E-state index < -0.39 is 67.4 Å². The molecule has 0 bridgehead atoms. The van der Waals surface area contributed by atoms with E-state index in [1.54, 1.807) is 6.08 Å². The first kappa shape index (κ1) is 68.4. The highest BCUT2D eigenvalue weighted by molar-refractivity contribution is 5.80. The van der Waals surface area contributed by atoms with Crippen molar-refractivity contribution in [2.24, 2.45) is 0 Å². The molecule has 1 aliphatic heterocycles. The number of unbranched alkanes of at least 4 members (excludes halogenated alkanes) is 31. The van der Waals surface area contributed by atoms with Gasteiger partial charge in [0.05, 0.1) is 25.4 Å². The Kier molecular flexibility index (Phi) is 47.0. The van der Waals surface area contributed by atoms with Crippen molar-refractivity contribution >= 4 is 11.9 Å². The van der Waals surface area contributed by atoms with Crippen molar-refractivity contribution in [1.29, 1.82) is 0 Å². The molecule has 1 rings (SSSR count). The normalized spacial score (nSPS) is 19.8. The van der Waals surface area contributed by atoms with Crippen molar-refractivity contribution in [2.45, 2.75) is 307 Å². The summed E-state index contributed by atoms with van der Waals surface area (Å²) >= 11 is 0. The van der Waals surface area contributed by atoms with Crippen LogP contribution in [0.25, 0.3) is 0 Å². The molecule has 1 saturated heterocycles. The van der Waals surface area contributed by atoms with Crippen LogP contribution < -0.4 is 5.32 Å². The minimum Gasteiger partial charge on any atom is -0.454 e. The molecule has 0 saturated carbocycles. The van der Waals surface area contributed by atoms with Gasteiger partial charge in [0, 0.05) is 6.42 Å². The maximum atomic E-state index is 13.4. The molecule has 1 amide bonds. The summed E-state index contributed by atoms with van der Waals surface area (Å²) in [6, 6.07) is -1.03. The number of allylic oxidation sites excluding steroid dienone is 9. The van der Waals surface area contributed by atoms with Gasteiger partial charge in [-0.3, -0.25) is 9.59 Å². The van der Waals surface area contributed by atoms with E-state index in [1.165, 1.54) is 148 Å². The number of rotatable bonds is 50. The fraction of sp³-hybridized carbons (Fsp3) is 0.806. The third kappa shape index (κ3) is 38.5. The molecule has 0 aromatic heterocycles. The molecule has 1 fully saturated rings. The third-order valence-electron chi connectivity index (χ3n) is 14.0. The summed E-state index contributed by atoms with van der Waals surface area (Å²) in [4.78, 5) is 26.5. The van der Waals surface area contributed by atoms with Crippen LogP contribution in [0.1, 0.15) is 258 Å². The second kappa shape index (κ2) is 50.2. The quantitative estimate of drug-likeness (QED) is 0.0149. The molecule has 8 atom stereocenters. The average molecular weight is 1030 g/mol. The van der Waals surface area contributed by atoms with Crippen LogP contribution in [0.3, 0.4) is 0 Å². The number of esters is 1. The number of ether oxygens (including phenoxy) is 3. The van der Waals surface area contributed by atoms with Gasteiger partial charge in [-0.05, 0) is 44.9 Å². The Hall–Kier alpha value is -2.64. The van der Waals surface area contributed by atoms with Crippen molar-refractivity contribution in [1.82, 2.24) is 5.32 Å². The van der Waals surface area contributed by atoms with Crippen molar-refractivity contribution in [3.63, 3.8) is 0 Å². The van der Waals surface area contributed by atoms with Crippen LogP contribution in [0.4, 0.5) is 0 Å². The number of hydrogen-bond donors (Lipinski definition) is 6. The van der Waals surface area contributed by atoms with Gasteiger partial charge in [-0.15, -0.1) is 0 Å². The second-order valence-corrected chi connectivity index (χ2v) is 20.8. The van der Waals surface area contributed by atoms with Gasteiger partial charge in [0.2, 0.25) is 5.91 Å². The monoisotopic (exact) mass is 1030 g/mol. The van der Waals surface area contributed by atoms with Gasteiger partial charge in [0.1, 0.15) is 24.4 Å². The number of hydrogen-bond acceptors (Lipinski definition) is 10. The van der Waals surface area contributed by atoms with E-state index in [2.05, 4.69) is 38.2 Å². The Morgan fingerprint density at radius 2 is 0.986 bits per heavy atom. The summed E-state index contributed by atoms with van der Waals surface area (Å²) in [5.74, 6) is -1.23. The molecule has 424 valence electrons. The van der Waals surface area contributed by atoms with E-state index in [1.807, 2.05) is 42.5 Å². The standard InChI is InChI=1S/C62H111NO10/c1-4-7-10-13-16-19-22-25-26-27-28-29-32-34-37-40-43-46-49-55(66)61(70)63-53(54(65)48-45-42-39-36-33-30-23-20-17-14-11-8-5-2)52-71-62-60(59(69)58(68)56(51-64)72-62)73-57(67)50-47-44-41-38-35-31-24-21-18-15-12-9-6-3/h9,12,15,18,21,24,31,35,45,48,53-56,58-60,62,64-66,68-69H,4-8,10-11,13-14,16-17,19-20,22-23,25-30,32-34,36-44,46-47,49-52H2,1-3H3,(H,63,70)/b12-9+,18-15+,24-21-,35-31-,48-45+. The van der Waals surface area contributed by atoms with Crippen LogP contribution in [0, 0.1) is 0 Å². The lowest BCUT2D eigenvalue weighted by atomic mass is 9.99. The van der Waals surface area contributed by atoms with Gasteiger partial charge in [-0.2, -0.15) is 0 Å². The Labute approximate surface area is 446 Å². The van der Waals surface area contributed by atoms with E-state index in [4.69, 9.17) is 14.2 Å². The largest absolute Gasteiger partial charge is 0.454 e. The molecule has 73 heavy (non-hydrogen) atoms. The maximum Gasteiger partial charge on any atom is 0.306 e. The van der Waals surface area contributed by atoms with Gasteiger partial charge in [-0.25, -0.2) is 0 Å². The molecular weight excluding hydrogens is 919 g/mol. The molecule has 0 radical (unpaired) electrons. The van der Waals surface area contributed by atoms with Crippen molar-refractivity contribution in [2.75, 3.05) is 13.2 Å². The van der Waals surface area contributed by atoms with Gasteiger partial charge in [0.15, 0.2) is 12.4 Å². The number of carbonyl (C=O) groups excluding carboxylic acids is 2. The Morgan fingerprint density at radius 3 is 1.48 bits per heavy atom. The summed E-state index contributed by atoms with van der Waals surface area (Å²) < 4.78 is 17.5. The first-order valence-electron chi connectivity index (χ1n) is 30.1. The fourth-order valence-electron chi connectivity index (χ4n) is 9.25. The molecule has 11 heteroatoms. The zero-order chi connectivity index (χ0) is 53.3. The van der Waals surface area contributed by atoms with E-state index in [0.29, 0.717) is 12.8 Å². The molecular formula is C62H111NO10. The minimum atomic E-state index is -1.63. The van der Waals surface area contributed by atoms with E-state index in [-0.39, 0.29) is 19.4 Å². The van der Waals surface area contributed by atoms with Crippen molar-refractivity contribution < 1.29 is 49.3 Å². The molecule has 11 nitrogen and oxygen atoms in total. The lowest BCUT2D eigenvalue weighted by molar-refractivity contribution is -0.305. The number of amides is 1. The zero-order valence-corrected chi connectivity index (χ0v) is 46.7. The zero-order valence-electron chi connectivity index (χ0n) is 46.7. The first-order valence-corrected chi connectivity index (χ1v) is 30.1. The molecule has 0 aliphatic carbocycles. The summed E-state index contributed by atoms with van der Waals surface area (Å²) in [6.07, 6.45) is 51.2. The van der Waals surface area contributed by atoms with Crippen LogP contribution in [0.2, 0.25) is 0 Å². The van der Waals surface area contributed by atoms with Gasteiger partial charge in [0.25, 0.3) is 0 Å². The molecule has 6 N–H and O–H groups in total. The van der Waals surface area contributed by atoms with Gasteiger partial charge in [-0.1, -0.05) is 268 Å². The molecule has 0 spiro atoms. The maximum absolute atomic E-state index is 13.4. The third-order valence-corrected chi connectivity index (χ3v) is 14.0. The Balaban J connectivity index is 2.72. The predicted octanol–water partition coefficient (Wildman–Crippen LogP) is 13.8. The lowest BCUT2D eigenvalue weighted by Crippen LogP contribution is -2.61. The summed E-state index contributed by atoms with van der Waals surface area (Å²) in [5, 5.41) is 56.9. The molecule has 8 unspecified atom stereocenters. The van der Waals surface area contributed by atoms with E-state index >= 15 is 0 Å². The average Bonchev–Trinajstić information content (AvgIpc) is 3.39. The number of nitrogens with one attached hydrogen (secondary N) is 1. The molecule has 1 heterocycles. The smallest absolute Gasteiger partial charge is 0.306 e. The van der Waals surface area contributed by atoms with Crippen LogP contribution in [-0.4, -0.2) is 99.6 Å². The van der Waals surface area contributed by atoms with Gasteiger partial charge < -0.3 is 45.1 Å². The summed E-state index contributed by atoms with van der Waals surface area (Å²) in [7, 11) is 0. The van der Waals surface area contributed by atoms with E-state index in [9.17, 15) is 35.1 Å². The molecule has 0 aromatic rings. The number of carbonyl (C=O) groups is 2. The van der Waals surface area contributed by atoms with Gasteiger partial charge >= 0.3 is 5.97 Å². The summed E-state index contributed by atoms with van der Waals surface area (Å²) in [6.45, 7) is 5.63. The fourth-order valence-corrected chi connectivity index (χ4v) is 9.25. The van der Waals surface area contributed by atoms with Crippen molar-refractivity contribution in [3.8, 4) is 0 Å². The van der Waals surface area contributed by atoms with Crippen LogP contribution in [0.5, 0.6) is 0 Å². The topological polar surface area (TPSA) is 175 Å². The Bertz CT molecular complexity index is 1420. The van der Waals surface area contributed by atoms with Crippen molar-refractivity contribution in [3.05, 3.63) is 60.8 Å². The lowest BCUT2D eigenvalue weighted by Gasteiger charge is -2.41. The molecule has 1 aliphatic rings. The number of aliphatic hydroxyl groups is 5.